The minimum atomic E-state index is 0.123. The smallest absolute Gasteiger partial charge is 0.0450 e. The van der Waals surface area contributed by atoms with Gasteiger partial charge in [-0.05, 0) is 50.3 Å². The SMILES string of the molecule is CCCCN(C1CC1)C(C)C(N)c1ccc(CC)cc1. The molecule has 1 aromatic rings. The summed E-state index contributed by atoms with van der Waals surface area (Å²) in [6, 6.07) is 10.2. The van der Waals surface area contributed by atoms with Crippen molar-refractivity contribution in [3.63, 3.8) is 0 Å². The minimum absolute atomic E-state index is 0.123. The van der Waals surface area contributed by atoms with Crippen LogP contribution in [0.25, 0.3) is 0 Å². The van der Waals surface area contributed by atoms with Crippen LogP contribution >= 0.6 is 0 Å². The number of hydrogen-bond acceptors (Lipinski definition) is 2. The zero-order valence-electron chi connectivity index (χ0n) is 13.3. The van der Waals surface area contributed by atoms with E-state index in [1.54, 1.807) is 0 Å². The Bertz CT molecular complexity index is 394. The van der Waals surface area contributed by atoms with Crippen LogP contribution in [0.5, 0.6) is 0 Å². The molecule has 1 aromatic carbocycles. The van der Waals surface area contributed by atoms with E-state index >= 15 is 0 Å². The van der Waals surface area contributed by atoms with Crippen molar-refractivity contribution in [3.8, 4) is 0 Å². The molecule has 2 unspecified atom stereocenters. The van der Waals surface area contributed by atoms with Gasteiger partial charge in [0.2, 0.25) is 0 Å². The molecule has 0 aromatic heterocycles. The van der Waals surface area contributed by atoms with Crippen LogP contribution in [0.1, 0.15) is 63.6 Å². The highest BCUT2D eigenvalue weighted by Gasteiger charge is 2.34. The van der Waals surface area contributed by atoms with Crippen LogP contribution in [0, 0.1) is 0 Å². The van der Waals surface area contributed by atoms with Gasteiger partial charge in [-0.3, -0.25) is 4.90 Å². The summed E-state index contributed by atoms with van der Waals surface area (Å²) in [4.78, 5) is 2.64. The number of hydrogen-bond donors (Lipinski definition) is 1. The van der Waals surface area contributed by atoms with Crippen LogP contribution < -0.4 is 5.73 Å². The predicted molar refractivity (Wildman–Crippen MR) is 86.8 cm³/mol. The standard InChI is InChI=1S/C18H30N2/c1-4-6-13-20(17-11-12-17)14(3)18(19)16-9-7-15(5-2)8-10-16/h7-10,14,17-18H,4-6,11-13,19H2,1-3H3. The first-order valence-corrected chi connectivity index (χ1v) is 8.27. The Kier molecular flexibility index (Phi) is 5.62. The molecule has 112 valence electrons. The molecule has 1 fully saturated rings. The molecule has 0 aliphatic heterocycles. The zero-order valence-corrected chi connectivity index (χ0v) is 13.3. The van der Waals surface area contributed by atoms with Crippen molar-refractivity contribution in [3.05, 3.63) is 35.4 Å². The van der Waals surface area contributed by atoms with Gasteiger partial charge >= 0.3 is 0 Å². The van der Waals surface area contributed by atoms with Crippen LogP contribution in [-0.2, 0) is 6.42 Å². The summed E-state index contributed by atoms with van der Waals surface area (Å²) in [5.41, 5.74) is 9.19. The molecule has 2 nitrogen and oxygen atoms in total. The molecule has 20 heavy (non-hydrogen) atoms. The fourth-order valence-corrected chi connectivity index (χ4v) is 2.93. The van der Waals surface area contributed by atoms with Gasteiger partial charge in [-0.25, -0.2) is 0 Å². The number of unbranched alkanes of at least 4 members (excludes halogenated alkanes) is 1. The lowest BCUT2D eigenvalue weighted by Gasteiger charge is -2.33. The average Bonchev–Trinajstić information content (AvgIpc) is 3.31. The molecular weight excluding hydrogens is 244 g/mol. The molecule has 0 saturated heterocycles. The summed E-state index contributed by atoms with van der Waals surface area (Å²) in [5, 5.41) is 0. The molecule has 0 amide bonds. The summed E-state index contributed by atoms with van der Waals surface area (Å²) in [6.07, 6.45) is 6.35. The Morgan fingerprint density at radius 3 is 2.35 bits per heavy atom. The zero-order chi connectivity index (χ0) is 14.5. The number of aryl methyl sites for hydroxylation is 1. The van der Waals surface area contributed by atoms with Gasteiger partial charge in [0.05, 0.1) is 0 Å². The second-order valence-corrected chi connectivity index (χ2v) is 6.18. The van der Waals surface area contributed by atoms with Gasteiger partial charge in [0, 0.05) is 18.1 Å². The molecule has 2 heteroatoms. The van der Waals surface area contributed by atoms with Gasteiger partial charge < -0.3 is 5.73 Å². The van der Waals surface area contributed by atoms with Crippen molar-refractivity contribution in [2.75, 3.05) is 6.54 Å². The predicted octanol–water partition coefficient (Wildman–Crippen LogP) is 3.90. The van der Waals surface area contributed by atoms with Crippen molar-refractivity contribution < 1.29 is 0 Å². The van der Waals surface area contributed by atoms with Crippen LogP contribution in [0.15, 0.2) is 24.3 Å². The fraction of sp³-hybridized carbons (Fsp3) is 0.667. The first-order valence-electron chi connectivity index (χ1n) is 8.27. The molecule has 1 saturated carbocycles. The highest BCUT2D eigenvalue weighted by Crippen LogP contribution is 2.32. The van der Waals surface area contributed by atoms with Gasteiger partial charge in [0.1, 0.15) is 0 Å². The summed E-state index contributed by atoms with van der Waals surface area (Å²) < 4.78 is 0. The van der Waals surface area contributed by atoms with Crippen LogP contribution in [0.2, 0.25) is 0 Å². The Morgan fingerprint density at radius 2 is 1.85 bits per heavy atom. The van der Waals surface area contributed by atoms with Crippen molar-refractivity contribution in [1.82, 2.24) is 4.90 Å². The van der Waals surface area contributed by atoms with Gasteiger partial charge in [-0.2, -0.15) is 0 Å². The lowest BCUT2D eigenvalue weighted by atomic mass is 9.98. The Hall–Kier alpha value is -0.860. The number of rotatable bonds is 8. The quantitative estimate of drug-likeness (QED) is 0.779. The van der Waals surface area contributed by atoms with Gasteiger partial charge in [0.15, 0.2) is 0 Å². The first kappa shape index (κ1) is 15.5. The monoisotopic (exact) mass is 274 g/mol. The lowest BCUT2D eigenvalue weighted by molar-refractivity contribution is 0.172. The third-order valence-electron chi connectivity index (χ3n) is 4.60. The summed E-state index contributed by atoms with van der Waals surface area (Å²) in [5.74, 6) is 0. The first-order chi connectivity index (χ1) is 9.67. The van der Waals surface area contributed by atoms with Gasteiger partial charge in [-0.1, -0.05) is 44.5 Å². The van der Waals surface area contributed by atoms with E-state index in [1.807, 2.05) is 0 Å². The minimum Gasteiger partial charge on any atom is -0.323 e. The summed E-state index contributed by atoms with van der Waals surface area (Å²) >= 11 is 0. The topological polar surface area (TPSA) is 29.3 Å². The Balaban J connectivity index is 2.02. The van der Waals surface area contributed by atoms with Gasteiger partial charge in [0.25, 0.3) is 0 Å². The van der Waals surface area contributed by atoms with E-state index in [9.17, 15) is 0 Å². The maximum absolute atomic E-state index is 6.53. The Morgan fingerprint density at radius 1 is 1.20 bits per heavy atom. The molecule has 2 atom stereocenters. The third-order valence-corrected chi connectivity index (χ3v) is 4.60. The van der Waals surface area contributed by atoms with E-state index in [0.717, 1.165) is 12.5 Å². The molecule has 1 aliphatic carbocycles. The third kappa shape index (κ3) is 3.83. The van der Waals surface area contributed by atoms with Crippen molar-refractivity contribution in [2.24, 2.45) is 5.73 Å². The maximum Gasteiger partial charge on any atom is 0.0450 e. The average molecular weight is 274 g/mol. The summed E-state index contributed by atoms with van der Waals surface area (Å²) in [7, 11) is 0. The van der Waals surface area contributed by atoms with Crippen molar-refractivity contribution in [2.45, 2.75) is 71.0 Å². The van der Waals surface area contributed by atoms with E-state index in [-0.39, 0.29) is 6.04 Å². The highest BCUT2D eigenvalue weighted by molar-refractivity contribution is 5.25. The normalized spacial score (nSPS) is 18.2. The Labute approximate surface area is 124 Å². The molecule has 0 bridgehead atoms. The molecule has 2 N–H and O–H groups in total. The second-order valence-electron chi connectivity index (χ2n) is 6.18. The number of nitrogens with two attached hydrogens (primary N) is 1. The van der Waals surface area contributed by atoms with Crippen LogP contribution in [-0.4, -0.2) is 23.5 Å². The van der Waals surface area contributed by atoms with Gasteiger partial charge in [-0.15, -0.1) is 0 Å². The van der Waals surface area contributed by atoms with E-state index < -0.39 is 0 Å². The molecular formula is C18H30N2. The van der Waals surface area contributed by atoms with Crippen molar-refractivity contribution >= 4 is 0 Å². The highest BCUT2D eigenvalue weighted by atomic mass is 15.2. The maximum atomic E-state index is 6.53. The number of benzene rings is 1. The van der Waals surface area contributed by atoms with E-state index in [1.165, 1.54) is 43.4 Å². The molecule has 2 rings (SSSR count). The van der Waals surface area contributed by atoms with E-state index in [2.05, 4.69) is 49.9 Å². The largest absolute Gasteiger partial charge is 0.323 e. The van der Waals surface area contributed by atoms with E-state index in [0.29, 0.717) is 6.04 Å². The second kappa shape index (κ2) is 7.24. The number of nitrogens with zero attached hydrogens (tertiary/aromatic N) is 1. The molecule has 0 heterocycles. The summed E-state index contributed by atoms with van der Waals surface area (Å²) in [6.45, 7) is 7.95. The van der Waals surface area contributed by atoms with Crippen molar-refractivity contribution in [1.29, 1.82) is 0 Å². The van der Waals surface area contributed by atoms with Crippen LogP contribution in [0.3, 0.4) is 0 Å². The molecule has 1 aliphatic rings. The molecule has 0 radical (unpaired) electrons. The van der Waals surface area contributed by atoms with Crippen LogP contribution in [0.4, 0.5) is 0 Å². The van der Waals surface area contributed by atoms with E-state index in [4.69, 9.17) is 5.73 Å². The fourth-order valence-electron chi connectivity index (χ4n) is 2.93. The molecule has 0 spiro atoms. The lowest BCUT2D eigenvalue weighted by Crippen LogP contribution is -2.42.